The number of methoxy groups -OCH3 is 1. The van der Waals surface area contributed by atoms with E-state index in [4.69, 9.17) is 10.5 Å². The largest absolute Gasteiger partial charge is 0.497 e. The van der Waals surface area contributed by atoms with Crippen LogP contribution in [0, 0.1) is 0 Å². The van der Waals surface area contributed by atoms with Crippen molar-refractivity contribution in [3.05, 3.63) is 29.8 Å². The van der Waals surface area contributed by atoms with Crippen LogP contribution in [0.1, 0.15) is 31.2 Å². The Morgan fingerprint density at radius 1 is 1.29 bits per heavy atom. The molecule has 0 aromatic heterocycles. The van der Waals surface area contributed by atoms with E-state index in [-0.39, 0.29) is 30.2 Å². The van der Waals surface area contributed by atoms with E-state index in [1.165, 1.54) is 0 Å². The molecule has 1 fully saturated rings. The Morgan fingerprint density at radius 3 is 2.57 bits per heavy atom. The van der Waals surface area contributed by atoms with Crippen LogP contribution in [0.25, 0.3) is 0 Å². The molecule has 1 aromatic carbocycles. The molecule has 0 spiro atoms. The van der Waals surface area contributed by atoms with Crippen molar-refractivity contribution in [2.24, 2.45) is 5.73 Å². The third kappa shape index (κ3) is 5.82. The van der Waals surface area contributed by atoms with E-state index in [9.17, 15) is 8.42 Å². The molecule has 7 heteroatoms. The molecular weight excluding hydrogens is 312 g/mol. The fraction of sp³-hybridized carbons (Fsp3) is 0.571. The Balaban J connectivity index is 0.00000220. The quantitative estimate of drug-likeness (QED) is 0.860. The van der Waals surface area contributed by atoms with Crippen LogP contribution in [0.5, 0.6) is 5.75 Å². The second-order valence-corrected chi connectivity index (χ2v) is 7.09. The second-order valence-electron chi connectivity index (χ2n) is 5.34. The molecule has 1 saturated carbocycles. The number of nitrogens with one attached hydrogen (secondary N) is 1. The lowest BCUT2D eigenvalue weighted by molar-refractivity contribution is 0.373. The number of nitrogens with two attached hydrogens (primary N) is 1. The molecule has 120 valence electrons. The van der Waals surface area contributed by atoms with Crippen LogP contribution >= 0.6 is 12.4 Å². The molecule has 1 aliphatic rings. The summed E-state index contributed by atoms with van der Waals surface area (Å²) in [6.45, 7) is 0. The highest BCUT2D eigenvalue weighted by molar-refractivity contribution is 7.88. The number of benzene rings is 1. The Bertz CT molecular complexity index is 543. The van der Waals surface area contributed by atoms with Crippen LogP contribution in [0.3, 0.4) is 0 Å². The van der Waals surface area contributed by atoms with Crippen LogP contribution in [0.4, 0.5) is 0 Å². The summed E-state index contributed by atoms with van der Waals surface area (Å²) in [6.07, 6.45) is 3.40. The molecule has 3 N–H and O–H groups in total. The van der Waals surface area contributed by atoms with Gasteiger partial charge in [-0.2, -0.15) is 0 Å². The summed E-state index contributed by atoms with van der Waals surface area (Å²) in [4.78, 5) is 0. The van der Waals surface area contributed by atoms with Crippen LogP contribution in [-0.2, 0) is 15.8 Å². The summed E-state index contributed by atoms with van der Waals surface area (Å²) in [6, 6.07) is 7.36. The molecule has 0 unspecified atom stereocenters. The maximum atomic E-state index is 12.2. The highest BCUT2D eigenvalue weighted by atomic mass is 35.5. The minimum absolute atomic E-state index is 0. The summed E-state index contributed by atoms with van der Waals surface area (Å²) in [5, 5.41) is 0. The van der Waals surface area contributed by atoms with Crippen LogP contribution in [0.2, 0.25) is 0 Å². The number of hydrogen-bond acceptors (Lipinski definition) is 4. The lowest BCUT2D eigenvalue weighted by Gasteiger charge is -2.26. The Morgan fingerprint density at radius 2 is 1.95 bits per heavy atom. The first-order valence-corrected chi connectivity index (χ1v) is 8.52. The first-order chi connectivity index (χ1) is 9.48. The normalized spacial score (nSPS) is 22.4. The maximum Gasteiger partial charge on any atom is 0.216 e. The highest BCUT2D eigenvalue weighted by Crippen LogP contribution is 2.19. The number of rotatable bonds is 5. The predicted molar refractivity (Wildman–Crippen MR) is 86.2 cm³/mol. The zero-order chi connectivity index (χ0) is 14.6. The van der Waals surface area contributed by atoms with E-state index in [1.807, 2.05) is 0 Å². The maximum absolute atomic E-state index is 12.2. The van der Waals surface area contributed by atoms with Gasteiger partial charge in [-0.15, -0.1) is 12.4 Å². The second kappa shape index (κ2) is 7.98. The minimum atomic E-state index is -3.32. The van der Waals surface area contributed by atoms with Gasteiger partial charge < -0.3 is 10.5 Å². The van der Waals surface area contributed by atoms with E-state index >= 15 is 0 Å². The smallest absolute Gasteiger partial charge is 0.216 e. The Labute approximate surface area is 132 Å². The van der Waals surface area contributed by atoms with Crippen molar-refractivity contribution in [1.29, 1.82) is 0 Å². The molecule has 1 aromatic rings. The predicted octanol–water partition coefficient (Wildman–Crippen LogP) is 1.81. The minimum Gasteiger partial charge on any atom is -0.497 e. The van der Waals surface area contributed by atoms with E-state index in [0.717, 1.165) is 31.2 Å². The van der Waals surface area contributed by atoms with Crippen molar-refractivity contribution in [2.45, 2.75) is 43.5 Å². The summed E-state index contributed by atoms with van der Waals surface area (Å²) in [5.74, 6) is 0.647. The average Bonchev–Trinajstić information content (AvgIpc) is 2.41. The number of ether oxygens (including phenoxy) is 1. The average molecular weight is 335 g/mol. The molecular formula is C14H23ClN2O3S. The molecule has 0 amide bonds. The summed E-state index contributed by atoms with van der Waals surface area (Å²) < 4.78 is 32.2. The van der Waals surface area contributed by atoms with Gasteiger partial charge in [0, 0.05) is 12.1 Å². The molecule has 1 aliphatic carbocycles. The van der Waals surface area contributed by atoms with Gasteiger partial charge in [0.05, 0.1) is 12.9 Å². The zero-order valence-corrected chi connectivity index (χ0v) is 13.8. The Kier molecular flexibility index (Phi) is 6.93. The molecule has 0 heterocycles. The Hall–Kier alpha value is -0.820. The van der Waals surface area contributed by atoms with Gasteiger partial charge in [-0.05, 0) is 43.4 Å². The zero-order valence-electron chi connectivity index (χ0n) is 12.1. The van der Waals surface area contributed by atoms with Gasteiger partial charge in [-0.25, -0.2) is 13.1 Å². The fourth-order valence-corrected chi connectivity index (χ4v) is 3.96. The molecule has 2 rings (SSSR count). The highest BCUT2D eigenvalue weighted by Gasteiger charge is 2.23. The third-order valence-electron chi connectivity index (χ3n) is 3.61. The van der Waals surface area contributed by atoms with Gasteiger partial charge in [0.15, 0.2) is 0 Å². The van der Waals surface area contributed by atoms with Gasteiger partial charge in [-0.3, -0.25) is 0 Å². The summed E-state index contributed by atoms with van der Waals surface area (Å²) in [7, 11) is -1.76. The van der Waals surface area contributed by atoms with Crippen molar-refractivity contribution >= 4 is 22.4 Å². The van der Waals surface area contributed by atoms with E-state index in [0.29, 0.717) is 5.75 Å². The van der Waals surface area contributed by atoms with Gasteiger partial charge >= 0.3 is 0 Å². The van der Waals surface area contributed by atoms with Crippen molar-refractivity contribution < 1.29 is 13.2 Å². The lowest BCUT2D eigenvalue weighted by Crippen LogP contribution is -2.40. The van der Waals surface area contributed by atoms with Gasteiger partial charge in [0.1, 0.15) is 5.75 Å². The molecule has 21 heavy (non-hydrogen) atoms. The number of halogens is 1. The third-order valence-corrected chi connectivity index (χ3v) is 5.01. The summed E-state index contributed by atoms with van der Waals surface area (Å²) >= 11 is 0. The summed E-state index contributed by atoms with van der Waals surface area (Å²) in [5.41, 5.74) is 6.55. The molecule has 0 aliphatic heterocycles. The van der Waals surface area contributed by atoms with E-state index < -0.39 is 10.0 Å². The van der Waals surface area contributed by atoms with Crippen molar-refractivity contribution in [3.8, 4) is 5.75 Å². The topological polar surface area (TPSA) is 81.4 Å². The number of hydrogen-bond donors (Lipinski definition) is 2. The first-order valence-electron chi connectivity index (χ1n) is 6.87. The van der Waals surface area contributed by atoms with E-state index in [1.54, 1.807) is 31.4 Å². The molecule has 0 saturated heterocycles. The van der Waals surface area contributed by atoms with Crippen molar-refractivity contribution in [3.63, 3.8) is 0 Å². The lowest BCUT2D eigenvalue weighted by atomic mass is 9.93. The van der Waals surface area contributed by atoms with Gasteiger partial charge in [0.2, 0.25) is 10.0 Å². The van der Waals surface area contributed by atoms with E-state index in [2.05, 4.69) is 4.72 Å². The molecule has 0 bridgehead atoms. The SMILES string of the molecule is COc1cccc(CS(=O)(=O)NC2CCC(N)CC2)c1.Cl. The van der Waals surface area contributed by atoms with Crippen LogP contribution in [0.15, 0.2) is 24.3 Å². The van der Waals surface area contributed by atoms with Crippen LogP contribution < -0.4 is 15.2 Å². The van der Waals surface area contributed by atoms with Gasteiger partial charge in [0.25, 0.3) is 0 Å². The van der Waals surface area contributed by atoms with Crippen molar-refractivity contribution in [2.75, 3.05) is 7.11 Å². The molecule has 5 nitrogen and oxygen atoms in total. The first kappa shape index (κ1) is 18.2. The van der Waals surface area contributed by atoms with Gasteiger partial charge in [-0.1, -0.05) is 12.1 Å². The molecule has 0 atom stereocenters. The van der Waals surface area contributed by atoms with Crippen LogP contribution in [-0.4, -0.2) is 27.6 Å². The molecule has 0 radical (unpaired) electrons. The number of sulfonamides is 1. The van der Waals surface area contributed by atoms with Crippen molar-refractivity contribution in [1.82, 2.24) is 4.72 Å². The monoisotopic (exact) mass is 334 g/mol. The standard InChI is InChI=1S/C14H22N2O3S.ClH/c1-19-14-4-2-3-11(9-14)10-20(17,18)16-13-7-5-12(15)6-8-13;/h2-4,9,12-13,16H,5-8,10,15H2,1H3;1H. The fourth-order valence-electron chi connectivity index (χ4n) is 2.51.